The summed E-state index contributed by atoms with van der Waals surface area (Å²) in [7, 11) is 0. The molecule has 5 aliphatic rings. The zero-order chi connectivity index (χ0) is 51.6. The van der Waals surface area contributed by atoms with Crippen molar-refractivity contribution < 1.29 is 119 Å². The van der Waals surface area contributed by atoms with Crippen LogP contribution in [0.4, 0.5) is 0 Å². The summed E-state index contributed by atoms with van der Waals surface area (Å²) in [6.07, 6.45) is -29.0. The maximum absolute atomic E-state index is 11.9. The summed E-state index contributed by atoms with van der Waals surface area (Å²) in [6.45, 7) is 7.15. The van der Waals surface area contributed by atoms with Crippen LogP contribution in [-0.2, 0) is 52.2 Å². The molecular weight excluding hydrogens is 936 g/mol. The summed E-state index contributed by atoms with van der Waals surface area (Å²) >= 11 is 0. The summed E-state index contributed by atoms with van der Waals surface area (Å²) in [5.74, 6) is -0.794. The first-order valence-electron chi connectivity index (χ1n) is 25.1. The standard InChI is InChI=1S/C46H82O24/c1-6-7-13-16-24(17-14-11-9-8-10-12-15-18-26(48)49)65-46-41(32(55)28(51)21(3)62-46)70-43-36(59)33(56)38(22(4)63-43)67-45-37(60)40(69-44-35(58)31(54)29(52)25(19-47)66-44)39(23(5)64-45)68-42-34(57)30(53)27(50)20(2)61-42/h20-25,27-47,50-60H,6-19H2,1-5H3,(H,48,49)/t20-,21+,22-,23-,24-,25+,27-,28+,29+,30+,31-,32-,33-,34+,35+,36+,37+,38-,39-,40-,41+,42-,43-,44-,45-,46-/m0/s1. The number of rotatable bonds is 25. The first-order valence-corrected chi connectivity index (χ1v) is 25.1. The molecule has 5 saturated heterocycles. The Kier molecular flexibility index (Phi) is 23.7. The minimum atomic E-state index is -1.95. The third-order valence-electron chi connectivity index (χ3n) is 14.0. The highest BCUT2D eigenvalue weighted by atomic mass is 16.8. The van der Waals surface area contributed by atoms with Crippen molar-refractivity contribution in [2.75, 3.05) is 6.61 Å². The van der Waals surface area contributed by atoms with E-state index in [2.05, 4.69) is 6.92 Å². The zero-order valence-corrected chi connectivity index (χ0v) is 40.7. The van der Waals surface area contributed by atoms with Crippen LogP contribution in [0, 0.1) is 0 Å². The lowest BCUT2D eigenvalue weighted by Crippen LogP contribution is -2.67. The van der Waals surface area contributed by atoms with Gasteiger partial charge in [0.15, 0.2) is 31.5 Å². The molecule has 410 valence electrons. The molecule has 5 heterocycles. The van der Waals surface area contributed by atoms with Gasteiger partial charge in [-0.2, -0.15) is 0 Å². The Balaban J connectivity index is 1.27. The molecule has 0 spiro atoms. The molecule has 0 saturated carbocycles. The maximum atomic E-state index is 11.9. The first-order chi connectivity index (χ1) is 33.2. The molecule has 26 atom stereocenters. The monoisotopic (exact) mass is 1020 g/mol. The molecule has 24 heteroatoms. The Morgan fingerprint density at radius 2 is 0.843 bits per heavy atom. The van der Waals surface area contributed by atoms with E-state index < -0.39 is 166 Å². The van der Waals surface area contributed by atoms with E-state index in [4.69, 9.17) is 52.5 Å². The SMILES string of the molecule is CCCCC[C@@H](CCCCCCCCCC(=O)O)O[C@@H]1O[C@H](C)[C@@H](O)[C@H](O)[C@H]1O[C@@H]1O[C@@H](C)[C@H](O[C@@H]2O[C@@H](C)[C@H](O[C@@H]3O[C@@H](C)[C@H](O)[C@@H](O)[C@H]3O)[C@@H](O[C@@H]3O[C@H](CO)[C@@H](O)[C@H](O)[C@H]3O)[C@H]2O)[C@@H](O)[C@H]1O. The van der Waals surface area contributed by atoms with Crippen molar-refractivity contribution in [3.05, 3.63) is 0 Å². The summed E-state index contributed by atoms with van der Waals surface area (Å²) in [4.78, 5) is 10.8. The lowest BCUT2D eigenvalue weighted by atomic mass is 9.95. The van der Waals surface area contributed by atoms with Crippen LogP contribution in [0.15, 0.2) is 0 Å². The van der Waals surface area contributed by atoms with Crippen molar-refractivity contribution in [3.63, 3.8) is 0 Å². The van der Waals surface area contributed by atoms with Gasteiger partial charge < -0.3 is 114 Å². The van der Waals surface area contributed by atoms with Crippen molar-refractivity contribution >= 4 is 5.97 Å². The van der Waals surface area contributed by atoms with Gasteiger partial charge in [0, 0.05) is 6.42 Å². The highest BCUT2D eigenvalue weighted by molar-refractivity contribution is 5.66. The van der Waals surface area contributed by atoms with Crippen LogP contribution in [0.3, 0.4) is 0 Å². The van der Waals surface area contributed by atoms with E-state index >= 15 is 0 Å². The number of unbranched alkanes of at least 4 members (excludes halogenated alkanes) is 8. The summed E-state index contributed by atoms with van der Waals surface area (Å²) < 4.78 is 60.0. The number of hydrogen-bond donors (Lipinski definition) is 13. The molecule has 5 aliphatic heterocycles. The molecule has 24 nitrogen and oxygen atoms in total. The highest BCUT2D eigenvalue weighted by Crippen LogP contribution is 2.37. The van der Waals surface area contributed by atoms with E-state index in [-0.39, 0.29) is 12.5 Å². The van der Waals surface area contributed by atoms with Crippen molar-refractivity contribution in [1.82, 2.24) is 0 Å². The Morgan fingerprint density at radius 1 is 0.429 bits per heavy atom. The number of aliphatic hydroxyl groups is 12. The normalized spacial score (nSPS) is 45.4. The number of ether oxygens (including phenoxy) is 10. The van der Waals surface area contributed by atoms with Crippen LogP contribution >= 0.6 is 0 Å². The van der Waals surface area contributed by atoms with Crippen molar-refractivity contribution in [2.24, 2.45) is 0 Å². The third-order valence-corrected chi connectivity index (χ3v) is 14.0. The smallest absolute Gasteiger partial charge is 0.303 e. The fourth-order valence-corrected chi connectivity index (χ4v) is 9.56. The van der Waals surface area contributed by atoms with E-state index in [9.17, 15) is 66.1 Å². The van der Waals surface area contributed by atoms with E-state index in [1.165, 1.54) is 20.8 Å². The minimum absolute atomic E-state index is 0.165. The van der Waals surface area contributed by atoms with Crippen molar-refractivity contribution in [1.29, 1.82) is 0 Å². The van der Waals surface area contributed by atoms with Crippen LogP contribution in [0.25, 0.3) is 0 Å². The van der Waals surface area contributed by atoms with E-state index in [1.807, 2.05) is 0 Å². The van der Waals surface area contributed by atoms with Crippen LogP contribution in [0.2, 0.25) is 0 Å². The molecule has 0 aromatic rings. The van der Waals surface area contributed by atoms with Crippen molar-refractivity contribution in [2.45, 2.75) is 278 Å². The van der Waals surface area contributed by atoms with Gasteiger partial charge in [-0.3, -0.25) is 4.79 Å². The number of hydrogen-bond acceptors (Lipinski definition) is 23. The third kappa shape index (κ3) is 15.1. The fraction of sp³-hybridized carbons (Fsp3) is 0.978. The Bertz CT molecular complexity index is 1520. The molecule has 0 amide bonds. The first kappa shape index (κ1) is 59.5. The highest BCUT2D eigenvalue weighted by Gasteiger charge is 2.56. The molecule has 0 aromatic heterocycles. The molecule has 0 radical (unpaired) electrons. The summed E-state index contributed by atoms with van der Waals surface area (Å²) in [6, 6.07) is 0. The zero-order valence-electron chi connectivity index (χ0n) is 40.7. The Morgan fingerprint density at radius 3 is 1.43 bits per heavy atom. The number of carboxylic acids is 1. The second-order valence-corrected chi connectivity index (χ2v) is 19.5. The topological polar surface area (TPSA) is 372 Å². The van der Waals surface area contributed by atoms with Gasteiger partial charge in [0.2, 0.25) is 0 Å². The van der Waals surface area contributed by atoms with Gasteiger partial charge in [-0.25, -0.2) is 0 Å². The molecule has 70 heavy (non-hydrogen) atoms. The molecule has 0 aromatic carbocycles. The van der Waals surface area contributed by atoms with E-state index in [0.29, 0.717) is 19.3 Å². The molecular formula is C46H82O24. The van der Waals surface area contributed by atoms with Crippen molar-refractivity contribution in [3.8, 4) is 0 Å². The maximum Gasteiger partial charge on any atom is 0.303 e. The number of carboxylic acid groups (broad SMARTS) is 1. The van der Waals surface area contributed by atoms with Gasteiger partial charge in [0.1, 0.15) is 97.7 Å². The minimum Gasteiger partial charge on any atom is -0.481 e. The fourth-order valence-electron chi connectivity index (χ4n) is 9.56. The predicted molar refractivity (Wildman–Crippen MR) is 237 cm³/mol. The van der Waals surface area contributed by atoms with Gasteiger partial charge in [-0.15, -0.1) is 0 Å². The molecule has 0 bridgehead atoms. The molecule has 5 fully saturated rings. The van der Waals surface area contributed by atoms with Gasteiger partial charge in [0.25, 0.3) is 0 Å². The van der Waals surface area contributed by atoms with Crippen LogP contribution in [0.5, 0.6) is 0 Å². The predicted octanol–water partition coefficient (Wildman–Crippen LogP) is -2.25. The quantitative estimate of drug-likeness (QED) is 0.0430. The van der Waals surface area contributed by atoms with Crippen LogP contribution < -0.4 is 0 Å². The number of aliphatic carboxylic acids is 1. The largest absolute Gasteiger partial charge is 0.481 e. The van der Waals surface area contributed by atoms with E-state index in [0.717, 1.165) is 57.8 Å². The van der Waals surface area contributed by atoms with Gasteiger partial charge >= 0.3 is 5.97 Å². The second kappa shape index (κ2) is 27.9. The molecule has 13 N–H and O–H groups in total. The number of aliphatic hydroxyl groups excluding tert-OH is 12. The molecule has 5 rings (SSSR count). The lowest BCUT2D eigenvalue weighted by Gasteiger charge is -2.50. The Labute approximate surface area is 408 Å². The average molecular weight is 1020 g/mol. The van der Waals surface area contributed by atoms with Gasteiger partial charge in [-0.1, -0.05) is 64.7 Å². The Hall–Kier alpha value is -1.41. The molecule has 0 aliphatic carbocycles. The average Bonchev–Trinajstić information content (AvgIpc) is 3.32. The van der Waals surface area contributed by atoms with Crippen LogP contribution in [0.1, 0.15) is 118 Å². The summed E-state index contributed by atoms with van der Waals surface area (Å²) in [5, 5.41) is 139. The summed E-state index contributed by atoms with van der Waals surface area (Å²) in [5.41, 5.74) is 0. The number of carbonyl (C=O) groups is 1. The molecule has 0 unspecified atom stereocenters. The van der Waals surface area contributed by atoms with Gasteiger partial charge in [0.05, 0.1) is 37.1 Å². The van der Waals surface area contributed by atoms with Gasteiger partial charge in [-0.05, 0) is 47.0 Å². The lowest BCUT2D eigenvalue weighted by molar-refractivity contribution is -0.400. The van der Waals surface area contributed by atoms with Crippen LogP contribution in [-0.4, -0.2) is 239 Å². The van der Waals surface area contributed by atoms with E-state index in [1.54, 1.807) is 6.92 Å². The second-order valence-electron chi connectivity index (χ2n) is 19.5.